The van der Waals surface area contributed by atoms with Crippen LogP contribution in [-0.2, 0) is 11.2 Å². The predicted octanol–water partition coefficient (Wildman–Crippen LogP) is 4.38. The second-order valence-corrected chi connectivity index (χ2v) is 7.10. The summed E-state index contributed by atoms with van der Waals surface area (Å²) in [6.07, 6.45) is 4.88. The molecule has 3 rings (SSSR count). The minimum atomic E-state index is -0.552. The molecule has 1 fully saturated rings. The number of methoxy groups -OCH3 is 1. The van der Waals surface area contributed by atoms with E-state index in [4.69, 9.17) is 9.47 Å². The van der Waals surface area contributed by atoms with E-state index in [1.165, 1.54) is 6.07 Å². The third-order valence-corrected chi connectivity index (χ3v) is 5.14. The van der Waals surface area contributed by atoms with Gasteiger partial charge in [0.2, 0.25) is 0 Å². The van der Waals surface area contributed by atoms with Crippen LogP contribution in [0, 0.1) is 10.1 Å². The monoisotopic (exact) mass is 398 g/mol. The van der Waals surface area contributed by atoms with Gasteiger partial charge in [0.25, 0.3) is 5.69 Å². The fourth-order valence-corrected chi connectivity index (χ4v) is 3.51. The van der Waals surface area contributed by atoms with Gasteiger partial charge in [0.1, 0.15) is 11.4 Å². The average Bonchev–Trinajstić information content (AvgIpc) is 3.03. The average molecular weight is 398 g/mol. The first kappa shape index (κ1) is 20.6. The molecule has 2 aromatic carbocycles. The molecule has 7 nitrogen and oxygen atoms in total. The summed E-state index contributed by atoms with van der Waals surface area (Å²) in [5.74, 6) is 0.214. The summed E-state index contributed by atoms with van der Waals surface area (Å²) in [5.41, 5.74) is 1.74. The normalized spacial score (nSPS) is 14.2. The van der Waals surface area contributed by atoms with Crippen LogP contribution in [0.15, 0.2) is 42.5 Å². The number of benzene rings is 2. The molecule has 0 saturated carbocycles. The second kappa shape index (κ2) is 9.91. The smallest absolute Gasteiger partial charge is 0.338 e. The zero-order valence-corrected chi connectivity index (χ0v) is 16.6. The van der Waals surface area contributed by atoms with Crippen LogP contribution in [0.2, 0.25) is 0 Å². The van der Waals surface area contributed by atoms with E-state index in [2.05, 4.69) is 0 Å². The molecular weight excluding hydrogens is 372 g/mol. The van der Waals surface area contributed by atoms with Crippen LogP contribution in [0.4, 0.5) is 11.4 Å². The van der Waals surface area contributed by atoms with Gasteiger partial charge in [0.05, 0.1) is 24.2 Å². The number of carbonyl (C=O) groups is 1. The molecule has 0 radical (unpaired) electrons. The van der Waals surface area contributed by atoms with E-state index in [0.29, 0.717) is 12.1 Å². The van der Waals surface area contributed by atoms with Gasteiger partial charge in [-0.15, -0.1) is 0 Å². The minimum Gasteiger partial charge on any atom is -0.497 e. The van der Waals surface area contributed by atoms with Crippen LogP contribution < -0.4 is 9.64 Å². The quantitative estimate of drug-likeness (QED) is 0.391. The number of ether oxygens (including phenoxy) is 2. The number of carbonyl (C=O) groups excluding carboxylic acids is 1. The third kappa shape index (κ3) is 5.47. The fraction of sp³-hybridized carbons (Fsp3) is 0.409. The molecule has 1 aliphatic heterocycles. The van der Waals surface area contributed by atoms with E-state index in [0.717, 1.165) is 50.1 Å². The lowest BCUT2D eigenvalue weighted by Gasteiger charge is -2.22. The van der Waals surface area contributed by atoms with Gasteiger partial charge in [0, 0.05) is 25.6 Å². The molecule has 0 unspecified atom stereocenters. The van der Waals surface area contributed by atoms with Crippen molar-refractivity contribution in [2.75, 3.05) is 31.7 Å². The first-order valence-electron chi connectivity index (χ1n) is 9.92. The summed E-state index contributed by atoms with van der Waals surface area (Å²) in [6.45, 7) is 1.80. The zero-order chi connectivity index (χ0) is 20.6. The maximum absolute atomic E-state index is 12.4. The molecule has 1 saturated heterocycles. The van der Waals surface area contributed by atoms with Crippen molar-refractivity contribution in [3.63, 3.8) is 0 Å². The summed E-state index contributed by atoms with van der Waals surface area (Å²) >= 11 is 0. The number of hydrogen-bond donors (Lipinski definition) is 0. The summed E-state index contributed by atoms with van der Waals surface area (Å²) in [7, 11) is 1.61. The van der Waals surface area contributed by atoms with Crippen molar-refractivity contribution in [2.45, 2.75) is 32.1 Å². The van der Waals surface area contributed by atoms with Gasteiger partial charge in [-0.25, -0.2) is 4.79 Å². The van der Waals surface area contributed by atoms with Gasteiger partial charge >= 0.3 is 5.97 Å². The largest absolute Gasteiger partial charge is 0.497 e. The summed E-state index contributed by atoms with van der Waals surface area (Å²) in [6, 6.07) is 12.1. The highest BCUT2D eigenvalue weighted by atomic mass is 16.6. The second-order valence-electron chi connectivity index (χ2n) is 7.10. The summed E-state index contributed by atoms with van der Waals surface area (Å²) < 4.78 is 10.4. The van der Waals surface area contributed by atoms with Crippen molar-refractivity contribution in [1.82, 2.24) is 0 Å². The van der Waals surface area contributed by atoms with Crippen molar-refractivity contribution in [3.05, 3.63) is 63.7 Å². The molecular formula is C22H26N2O5. The van der Waals surface area contributed by atoms with Crippen LogP contribution in [0.3, 0.4) is 0 Å². The SMILES string of the molecule is COc1ccc(CCOC(=O)c2ccc(N3CCCCCC3)c([N+](=O)[O-])c2)cc1. The first-order valence-corrected chi connectivity index (χ1v) is 9.92. The Morgan fingerprint density at radius 1 is 1.07 bits per heavy atom. The Hall–Kier alpha value is -3.09. The molecule has 2 aromatic rings. The fourth-order valence-electron chi connectivity index (χ4n) is 3.51. The number of anilines is 1. The van der Waals surface area contributed by atoms with Crippen molar-refractivity contribution in [1.29, 1.82) is 0 Å². The Kier molecular flexibility index (Phi) is 7.05. The highest BCUT2D eigenvalue weighted by molar-refractivity contribution is 5.91. The predicted molar refractivity (Wildman–Crippen MR) is 111 cm³/mol. The highest BCUT2D eigenvalue weighted by Gasteiger charge is 2.23. The molecule has 7 heteroatoms. The van der Waals surface area contributed by atoms with Gasteiger partial charge in [-0.05, 0) is 42.7 Å². The minimum absolute atomic E-state index is 0.0449. The number of nitrogens with zero attached hydrogens (tertiary/aromatic N) is 2. The molecule has 0 bridgehead atoms. The van der Waals surface area contributed by atoms with Crippen LogP contribution in [0.5, 0.6) is 5.75 Å². The van der Waals surface area contributed by atoms with Crippen molar-refractivity contribution in [2.24, 2.45) is 0 Å². The summed E-state index contributed by atoms with van der Waals surface area (Å²) in [4.78, 5) is 25.6. The number of nitro groups is 1. The zero-order valence-electron chi connectivity index (χ0n) is 16.6. The van der Waals surface area contributed by atoms with Crippen molar-refractivity contribution >= 4 is 17.3 Å². The Bertz CT molecular complexity index is 843. The Morgan fingerprint density at radius 3 is 2.38 bits per heavy atom. The van der Waals surface area contributed by atoms with Gasteiger partial charge in [0.15, 0.2) is 0 Å². The van der Waals surface area contributed by atoms with Crippen molar-refractivity contribution in [3.8, 4) is 5.75 Å². The molecule has 1 aliphatic rings. The maximum Gasteiger partial charge on any atom is 0.338 e. The lowest BCUT2D eigenvalue weighted by Crippen LogP contribution is -2.25. The van der Waals surface area contributed by atoms with Gasteiger partial charge in [-0.3, -0.25) is 10.1 Å². The van der Waals surface area contributed by atoms with E-state index >= 15 is 0 Å². The Balaban J connectivity index is 1.65. The molecule has 0 spiro atoms. The van der Waals surface area contributed by atoms with Gasteiger partial charge in [-0.2, -0.15) is 0 Å². The lowest BCUT2D eigenvalue weighted by molar-refractivity contribution is -0.384. The van der Waals surface area contributed by atoms with Crippen molar-refractivity contribution < 1.29 is 19.2 Å². The van der Waals surface area contributed by atoms with Gasteiger partial charge in [-0.1, -0.05) is 25.0 Å². The Morgan fingerprint density at radius 2 is 1.76 bits per heavy atom. The van der Waals surface area contributed by atoms with Crippen LogP contribution in [-0.4, -0.2) is 37.7 Å². The van der Waals surface area contributed by atoms with E-state index in [1.54, 1.807) is 19.2 Å². The number of rotatable bonds is 7. The molecule has 0 aliphatic carbocycles. The molecule has 0 aromatic heterocycles. The van der Waals surface area contributed by atoms with Crippen LogP contribution >= 0.6 is 0 Å². The lowest BCUT2D eigenvalue weighted by atomic mass is 10.1. The van der Waals surface area contributed by atoms with E-state index in [9.17, 15) is 14.9 Å². The van der Waals surface area contributed by atoms with E-state index < -0.39 is 10.9 Å². The molecule has 1 heterocycles. The molecule has 154 valence electrons. The van der Waals surface area contributed by atoms with E-state index in [1.807, 2.05) is 29.2 Å². The Labute approximate surface area is 170 Å². The van der Waals surface area contributed by atoms with Gasteiger partial charge < -0.3 is 14.4 Å². The third-order valence-electron chi connectivity index (χ3n) is 5.14. The topological polar surface area (TPSA) is 81.9 Å². The first-order chi connectivity index (χ1) is 14.1. The molecule has 0 amide bonds. The number of nitro benzene ring substituents is 1. The molecule has 0 N–H and O–H groups in total. The maximum atomic E-state index is 12.4. The standard InChI is InChI=1S/C22H26N2O5/c1-28-19-9-6-17(7-10-19)12-15-29-22(25)18-8-11-20(21(16-18)24(26)27)23-13-4-2-3-5-14-23/h6-11,16H,2-5,12-15H2,1H3. The van der Waals surface area contributed by atoms with Crippen LogP contribution in [0.1, 0.15) is 41.6 Å². The summed E-state index contributed by atoms with van der Waals surface area (Å²) in [5, 5.41) is 11.6. The highest BCUT2D eigenvalue weighted by Crippen LogP contribution is 2.31. The molecule has 0 atom stereocenters. The number of esters is 1. The van der Waals surface area contributed by atoms with E-state index in [-0.39, 0.29) is 17.9 Å². The number of hydrogen-bond acceptors (Lipinski definition) is 6. The van der Waals surface area contributed by atoms with Crippen LogP contribution in [0.25, 0.3) is 0 Å². The molecule has 29 heavy (non-hydrogen) atoms.